The first-order valence-corrected chi connectivity index (χ1v) is 10.3. The van der Waals surface area contributed by atoms with Crippen molar-refractivity contribution in [1.82, 2.24) is 14.8 Å². The number of halogens is 2. The Balaban J connectivity index is 1.58. The van der Waals surface area contributed by atoms with Crippen LogP contribution in [0.2, 0.25) is 5.02 Å². The molecule has 0 radical (unpaired) electrons. The van der Waals surface area contributed by atoms with E-state index < -0.39 is 5.82 Å². The molecule has 0 saturated carbocycles. The fourth-order valence-corrected chi connectivity index (χ4v) is 3.59. The van der Waals surface area contributed by atoms with Crippen LogP contribution in [0, 0.1) is 12.7 Å². The van der Waals surface area contributed by atoms with E-state index in [9.17, 15) is 9.18 Å². The number of hydrogen-bond donors (Lipinski definition) is 1. The largest absolute Gasteiger partial charge is 0.484 e. The third-order valence-corrected chi connectivity index (χ3v) is 5.29. The van der Waals surface area contributed by atoms with E-state index >= 15 is 0 Å². The molecule has 0 fully saturated rings. The molecule has 0 aliphatic rings. The van der Waals surface area contributed by atoms with Crippen LogP contribution in [0.4, 0.5) is 10.1 Å². The summed E-state index contributed by atoms with van der Waals surface area (Å²) in [7, 11) is 0. The second-order valence-corrected chi connectivity index (χ2v) is 7.56. The summed E-state index contributed by atoms with van der Waals surface area (Å²) in [5.41, 5.74) is 1.88. The van der Waals surface area contributed by atoms with E-state index in [4.69, 9.17) is 16.3 Å². The molecule has 2 aromatic carbocycles. The maximum absolute atomic E-state index is 13.1. The van der Waals surface area contributed by atoms with Crippen LogP contribution in [-0.2, 0) is 17.9 Å². The molecule has 3 aromatic rings. The normalized spacial score (nSPS) is 10.8. The van der Waals surface area contributed by atoms with Crippen molar-refractivity contribution in [2.24, 2.45) is 0 Å². The lowest BCUT2D eigenvalue weighted by molar-refractivity contribution is -0.113. The first-order chi connectivity index (χ1) is 14.0. The zero-order valence-electron chi connectivity index (χ0n) is 16.0. The molecule has 29 heavy (non-hydrogen) atoms. The van der Waals surface area contributed by atoms with E-state index in [2.05, 4.69) is 15.5 Å². The molecule has 0 atom stereocenters. The molecule has 0 bridgehead atoms. The second-order valence-electron chi connectivity index (χ2n) is 6.21. The molecule has 1 heterocycles. The number of carbonyl (C=O) groups is 1. The molecular formula is C20H20ClFN4O2S. The van der Waals surface area contributed by atoms with Crippen LogP contribution in [0.1, 0.15) is 18.3 Å². The van der Waals surface area contributed by atoms with Gasteiger partial charge < -0.3 is 14.6 Å². The van der Waals surface area contributed by atoms with Crippen LogP contribution in [0.3, 0.4) is 0 Å². The molecular weight excluding hydrogens is 415 g/mol. The molecule has 1 N–H and O–H groups in total. The van der Waals surface area contributed by atoms with E-state index in [1.165, 1.54) is 30.0 Å². The lowest BCUT2D eigenvalue weighted by atomic mass is 10.2. The lowest BCUT2D eigenvalue weighted by Gasteiger charge is -2.10. The predicted molar refractivity (Wildman–Crippen MR) is 112 cm³/mol. The summed E-state index contributed by atoms with van der Waals surface area (Å²) in [5, 5.41) is 12.0. The zero-order valence-corrected chi connectivity index (χ0v) is 17.6. The van der Waals surface area contributed by atoms with Crippen molar-refractivity contribution in [3.63, 3.8) is 0 Å². The first-order valence-electron chi connectivity index (χ1n) is 8.95. The molecule has 0 aliphatic carbocycles. The molecule has 0 aliphatic heterocycles. The SMILES string of the molecule is CCn1c(COc2ccc(F)cc2Cl)nnc1SCC(=O)Nc1ccc(C)cc1. The third-order valence-electron chi connectivity index (χ3n) is 4.03. The Hall–Kier alpha value is -2.58. The molecule has 3 rings (SSSR count). The number of nitrogens with one attached hydrogen (secondary N) is 1. The van der Waals surface area contributed by atoms with Crippen molar-refractivity contribution in [3.8, 4) is 5.75 Å². The smallest absolute Gasteiger partial charge is 0.234 e. The van der Waals surface area contributed by atoms with Gasteiger partial charge in [0.25, 0.3) is 0 Å². The average molecular weight is 435 g/mol. The number of amides is 1. The minimum Gasteiger partial charge on any atom is -0.484 e. The molecule has 0 spiro atoms. The summed E-state index contributed by atoms with van der Waals surface area (Å²) in [5.74, 6) is 0.609. The van der Waals surface area contributed by atoms with Crippen molar-refractivity contribution >= 4 is 35.0 Å². The summed E-state index contributed by atoms with van der Waals surface area (Å²) in [4.78, 5) is 12.2. The Morgan fingerprint density at radius 3 is 2.69 bits per heavy atom. The molecule has 0 saturated heterocycles. The number of nitrogens with zero attached hydrogens (tertiary/aromatic N) is 3. The van der Waals surface area contributed by atoms with Crippen molar-refractivity contribution in [1.29, 1.82) is 0 Å². The van der Waals surface area contributed by atoms with Crippen LogP contribution >= 0.6 is 23.4 Å². The van der Waals surface area contributed by atoms with Gasteiger partial charge in [0.05, 0.1) is 10.8 Å². The number of aromatic nitrogens is 3. The number of thioether (sulfide) groups is 1. The van der Waals surface area contributed by atoms with Crippen molar-refractivity contribution in [2.75, 3.05) is 11.1 Å². The highest BCUT2D eigenvalue weighted by atomic mass is 35.5. The summed E-state index contributed by atoms with van der Waals surface area (Å²) in [6, 6.07) is 11.5. The highest BCUT2D eigenvalue weighted by Gasteiger charge is 2.14. The molecule has 0 unspecified atom stereocenters. The number of rotatable bonds is 8. The topological polar surface area (TPSA) is 69.0 Å². The van der Waals surface area contributed by atoms with Crippen LogP contribution in [0.25, 0.3) is 0 Å². The van der Waals surface area contributed by atoms with Gasteiger partial charge in [-0.3, -0.25) is 4.79 Å². The zero-order chi connectivity index (χ0) is 20.8. The molecule has 9 heteroatoms. The Labute approximate surface area is 177 Å². The summed E-state index contributed by atoms with van der Waals surface area (Å²) >= 11 is 7.27. The van der Waals surface area contributed by atoms with Gasteiger partial charge in [0.15, 0.2) is 11.0 Å². The monoisotopic (exact) mass is 434 g/mol. The third kappa shape index (κ3) is 5.71. The van der Waals surface area contributed by atoms with Crippen LogP contribution in [0.5, 0.6) is 5.75 Å². The summed E-state index contributed by atoms with van der Waals surface area (Å²) < 4.78 is 20.6. The van der Waals surface area contributed by atoms with Gasteiger partial charge in [-0.1, -0.05) is 41.1 Å². The van der Waals surface area contributed by atoms with E-state index in [0.717, 1.165) is 11.3 Å². The number of benzene rings is 2. The fraction of sp³-hybridized carbons (Fsp3) is 0.250. The highest BCUT2D eigenvalue weighted by molar-refractivity contribution is 7.99. The van der Waals surface area contributed by atoms with Gasteiger partial charge in [-0.25, -0.2) is 4.39 Å². The predicted octanol–water partition coefficient (Wildman–Crippen LogP) is 4.71. The van der Waals surface area contributed by atoms with Crippen LogP contribution < -0.4 is 10.1 Å². The first kappa shape index (κ1) is 21.1. The van der Waals surface area contributed by atoms with Crippen molar-refractivity contribution in [3.05, 3.63) is 64.7 Å². The maximum atomic E-state index is 13.1. The van der Waals surface area contributed by atoms with E-state index in [0.29, 0.717) is 23.3 Å². The van der Waals surface area contributed by atoms with E-state index in [1.54, 1.807) is 0 Å². The van der Waals surface area contributed by atoms with Crippen molar-refractivity contribution in [2.45, 2.75) is 32.2 Å². The number of carbonyl (C=O) groups excluding carboxylic acids is 1. The summed E-state index contributed by atoms with van der Waals surface area (Å²) in [6.07, 6.45) is 0. The quantitative estimate of drug-likeness (QED) is 0.520. The standard InChI is InChI=1S/C20H20ClFN4O2S/c1-3-26-18(11-28-17-9-6-14(22)10-16(17)21)24-25-20(26)29-12-19(27)23-15-7-4-13(2)5-8-15/h4-10H,3,11-12H2,1-2H3,(H,23,27). The van der Waals surface area contributed by atoms with Gasteiger partial charge in [0.2, 0.25) is 5.91 Å². The minimum atomic E-state index is -0.429. The van der Waals surface area contributed by atoms with Gasteiger partial charge in [-0.05, 0) is 44.2 Å². The minimum absolute atomic E-state index is 0.125. The Kier molecular flexibility index (Phi) is 7.11. The van der Waals surface area contributed by atoms with E-state index in [1.807, 2.05) is 42.7 Å². The lowest BCUT2D eigenvalue weighted by Crippen LogP contribution is -2.15. The molecule has 152 valence electrons. The number of ether oxygens (including phenoxy) is 1. The number of anilines is 1. The Bertz CT molecular complexity index is 995. The molecule has 1 aromatic heterocycles. The second kappa shape index (κ2) is 9.76. The average Bonchev–Trinajstić information content (AvgIpc) is 3.09. The van der Waals surface area contributed by atoms with Gasteiger partial charge in [0, 0.05) is 12.2 Å². The van der Waals surface area contributed by atoms with Gasteiger partial charge in [0.1, 0.15) is 18.2 Å². The Morgan fingerprint density at radius 1 is 1.24 bits per heavy atom. The maximum Gasteiger partial charge on any atom is 0.234 e. The van der Waals surface area contributed by atoms with Gasteiger partial charge in [-0.2, -0.15) is 0 Å². The highest BCUT2D eigenvalue weighted by Crippen LogP contribution is 2.26. The van der Waals surface area contributed by atoms with E-state index in [-0.39, 0.29) is 23.3 Å². The fourth-order valence-electron chi connectivity index (χ4n) is 2.55. The Morgan fingerprint density at radius 2 is 2.00 bits per heavy atom. The molecule has 1 amide bonds. The van der Waals surface area contributed by atoms with Gasteiger partial charge in [-0.15, -0.1) is 10.2 Å². The number of aryl methyl sites for hydroxylation is 1. The summed E-state index contributed by atoms with van der Waals surface area (Å²) in [6.45, 7) is 4.69. The number of hydrogen-bond acceptors (Lipinski definition) is 5. The van der Waals surface area contributed by atoms with Crippen molar-refractivity contribution < 1.29 is 13.9 Å². The van der Waals surface area contributed by atoms with Crippen LogP contribution in [0.15, 0.2) is 47.6 Å². The van der Waals surface area contributed by atoms with Crippen LogP contribution in [-0.4, -0.2) is 26.4 Å². The van der Waals surface area contributed by atoms with Gasteiger partial charge >= 0.3 is 0 Å². The molecule has 6 nitrogen and oxygen atoms in total.